The number of hydrogen-bond donors (Lipinski definition) is 0. The molecule has 0 saturated carbocycles. The Bertz CT molecular complexity index is 1230. The summed E-state index contributed by atoms with van der Waals surface area (Å²) in [7, 11) is 0. The summed E-state index contributed by atoms with van der Waals surface area (Å²) in [5.74, 6) is 1.17. The zero-order valence-electron chi connectivity index (χ0n) is 22.8. The molecule has 0 aliphatic carbocycles. The molecule has 1 atom stereocenters. The highest BCUT2D eigenvalue weighted by Crippen LogP contribution is 2.34. The lowest BCUT2D eigenvalue weighted by atomic mass is 9.81. The monoisotopic (exact) mass is 497 g/mol. The molecule has 1 unspecified atom stereocenters. The minimum absolute atomic E-state index is 0.0984. The first-order chi connectivity index (χ1) is 17.8. The van der Waals surface area contributed by atoms with Gasteiger partial charge >= 0.3 is 0 Å². The van der Waals surface area contributed by atoms with Crippen LogP contribution in [0, 0.1) is 24.6 Å². The molecule has 0 aromatic heterocycles. The summed E-state index contributed by atoms with van der Waals surface area (Å²) in [4.78, 5) is 14.1. The summed E-state index contributed by atoms with van der Waals surface area (Å²) >= 11 is 0. The standard InChI is InChI=1S/C34H40FNO/c1-24-9-5-7-11-32(24)33(22-28-13-15-30(16-14-28)27(4)37)26(3)25(2)21-29-17-19-36(20-18-29)23-31-10-6-8-12-34(31)35/h5-16,25,29H,17-23H2,1-4H3/b33-26-. The summed E-state index contributed by atoms with van der Waals surface area (Å²) < 4.78 is 14.1. The molecule has 0 bridgehead atoms. The summed E-state index contributed by atoms with van der Waals surface area (Å²) in [6.07, 6.45) is 4.37. The van der Waals surface area contributed by atoms with Gasteiger partial charge in [0, 0.05) is 17.7 Å². The van der Waals surface area contributed by atoms with Gasteiger partial charge in [0.25, 0.3) is 0 Å². The van der Waals surface area contributed by atoms with Gasteiger partial charge in [0.15, 0.2) is 5.78 Å². The second-order valence-corrected chi connectivity index (χ2v) is 10.9. The third-order valence-corrected chi connectivity index (χ3v) is 8.17. The van der Waals surface area contributed by atoms with Crippen molar-refractivity contribution in [3.63, 3.8) is 0 Å². The first kappa shape index (κ1) is 27.0. The predicted molar refractivity (Wildman–Crippen MR) is 152 cm³/mol. The molecule has 37 heavy (non-hydrogen) atoms. The Hall–Kier alpha value is -3.04. The highest BCUT2D eigenvalue weighted by Gasteiger charge is 2.23. The molecule has 1 heterocycles. The number of hydrogen-bond acceptors (Lipinski definition) is 2. The molecule has 4 rings (SSSR count). The van der Waals surface area contributed by atoms with E-state index in [4.69, 9.17) is 0 Å². The van der Waals surface area contributed by atoms with E-state index in [1.165, 1.54) is 34.3 Å². The Morgan fingerprint density at radius 2 is 1.59 bits per heavy atom. The number of Topliss-reactive ketones (excluding diaryl/α,β-unsaturated/α-hetero) is 1. The van der Waals surface area contributed by atoms with Crippen molar-refractivity contribution in [2.45, 2.75) is 59.9 Å². The number of benzene rings is 3. The number of piperidine rings is 1. The summed E-state index contributed by atoms with van der Waals surface area (Å²) in [5, 5.41) is 0. The van der Waals surface area contributed by atoms with Gasteiger partial charge in [-0.1, -0.05) is 79.2 Å². The van der Waals surface area contributed by atoms with Crippen LogP contribution in [0.15, 0.2) is 78.4 Å². The molecule has 0 radical (unpaired) electrons. The van der Waals surface area contributed by atoms with Gasteiger partial charge in [0.05, 0.1) is 0 Å². The SMILES string of the molecule is CC(=O)c1ccc(C/C(=C(\C)C(C)CC2CCN(Cc3ccccc3F)CC2)c2ccccc2C)cc1. The van der Waals surface area contributed by atoms with E-state index >= 15 is 0 Å². The fourth-order valence-electron chi connectivity index (χ4n) is 5.64. The molecule has 0 amide bonds. The predicted octanol–water partition coefficient (Wildman–Crippen LogP) is 8.29. The molecule has 0 N–H and O–H groups in total. The van der Waals surface area contributed by atoms with Crippen molar-refractivity contribution in [1.29, 1.82) is 0 Å². The Morgan fingerprint density at radius 1 is 0.946 bits per heavy atom. The van der Waals surface area contributed by atoms with Gasteiger partial charge in [-0.3, -0.25) is 9.69 Å². The Balaban J connectivity index is 1.46. The number of likely N-dealkylation sites (tertiary alicyclic amines) is 1. The van der Waals surface area contributed by atoms with Gasteiger partial charge in [-0.25, -0.2) is 4.39 Å². The molecule has 194 valence electrons. The van der Waals surface area contributed by atoms with E-state index in [0.717, 1.165) is 43.5 Å². The zero-order valence-corrected chi connectivity index (χ0v) is 22.8. The van der Waals surface area contributed by atoms with Gasteiger partial charge in [-0.15, -0.1) is 0 Å². The van der Waals surface area contributed by atoms with Crippen LogP contribution in [-0.2, 0) is 13.0 Å². The molecular formula is C34H40FNO. The van der Waals surface area contributed by atoms with E-state index in [1.807, 2.05) is 24.3 Å². The van der Waals surface area contributed by atoms with Crippen molar-refractivity contribution >= 4 is 11.4 Å². The van der Waals surface area contributed by atoms with Crippen LogP contribution in [0.1, 0.15) is 72.6 Å². The van der Waals surface area contributed by atoms with Crippen LogP contribution in [0.4, 0.5) is 4.39 Å². The second-order valence-electron chi connectivity index (χ2n) is 10.9. The average Bonchev–Trinajstić information content (AvgIpc) is 2.90. The number of aryl methyl sites for hydroxylation is 1. The van der Waals surface area contributed by atoms with Crippen molar-refractivity contribution < 1.29 is 9.18 Å². The third-order valence-electron chi connectivity index (χ3n) is 8.17. The Kier molecular flexibility index (Phi) is 9.10. The number of ketones is 1. The second kappa shape index (κ2) is 12.5. The molecule has 3 aromatic rings. The van der Waals surface area contributed by atoms with Crippen LogP contribution in [-0.4, -0.2) is 23.8 Å². The zero-order chi connectivity index (χ0) is 26.4. The molecule has 3 heteroatoms. The maximum atomic E-state index is 14.1. The van der Waals surface area contributed by atoms with Crippen molar-refractivity contribution in [2.75, 3.05) is 13.1 Å². The highest BCUT2D eigenvalue weighted by molar-refractivity contribution is 5.94. The number of carbonyl (C=O) groups excluding carboxylic acids is 1. The molecule has 0 spiro atoms. The molecule has 1 aliphatic heterocycles. The normalized spacial score (nSPS) is 16.4. The van der Waals surface area contributed by atoms with Crippen LogP contribution in [0.5, 0.6) is 0 Å². The topological polar surface area (TPSA) is 20.3 Å². The van der Waals surface area contributed by atoms with E-state index in [9.17, 15) is 9.18 Å². The van der Waals surface area contributed by atoms with Crippen LogP contribution in [0.2, 0.25) is 0 Å². The fourth-order valence-corrected chi connectivity index (χ4v) is 5.64. The van der Waals surface area contributed by atoms with E-state index in [2.05, 4.69) is 62.1 Å². The molecule has 1 saturated heterocycles. The molecule has 1 fully saturated rings. The molecule has 1 aliphatic rings. The Morgan fingerprint density at radius 3 is 2.24 bits per heavy atom. The van der Waals surface area contributed by atoms with E-state index in [-0.39, 0.29) is 11.6 Å². The first-order valence-electron chi connectivity index (χ1n) is 13.6. The van der Waals surface area contributed by atoms with Gasteiger partial charge in [0.1, 0.15) is 5.82 Å². The number of rotatable bonds is 9. The highest BCUT2D eigenvalue weighted by atomic mass is 19.1. The largest absolute Gasteiger partial charge is 0.299 e. The number of halogens is 1. The fraction of sp³-hybridized carbons (Fsp3) is 0.382. The maximum Gasteiger partial charge on any atom is 0.159 e. The van der Waals surface area contributed by atoms with Crippen LogP contribution in [0.3, 0.4) is 0 Å². The lowest BCUT2D eigenvalue weighted by Crippen LogP contribution is -2.34. The van der Waals surface area contributed by atoms with Crippen molar-refractivity contribution in [3.05, 3.63) is 112 Å². The van der Waals surface area contributed by atoms with E-state index in [1.54, 1.807) is 19.1 Å². The number of allylic oxidation sites excluding steroid dienone is 2. The van der Waals surface area contributed by atoms with Crippen molar-refractivity contribution in [3.8, 4) is 0 Å². The Labute approximate surface area is 222 Å². The summed E-state index contributed by atoms with van der Waals surface area (Å²) in [6.45, 7) is 11.3. The summed E-state index contributed by atoms with van der Waals surface area (Å²) in [5.41, 5.74) is 8.27. The van der Waals surface area contributed by atoms with Crippen LogP contribution >= 0.6 is 0 Å². The number of carbonyl (C=O) groups is 1. The van der Waals surface area contributed by atoms with E-state index < -0.39 is 0 Å². The molecular weight excluding hydrogens is 457 g/mol. The van der Waals surface area contributed by atoms with E-state index in [0.29, 0.717) is 18.4 Å². The molecule has 3 aromatic carbocycles. The quantitative estimate of drug-likeness (QED) is 0.277. The number of nitrogens with zero attached hydrogens (tertiary/aromatic N) is 1. The van der Waals surface area contributed by atoms with Gasteiger partial charge < -0.3 is 0 Å². The smallest absolute Gasteiger partial charge is 0.159 e. The van der Waals surface area contributed by atoms with Gasteiger partial charge in [-0.05, 0) is 99.7 Å². The van der Waals surface area contributed by atoms with Crippen molar-refractivity contribution in [2.24, 2.45) is 11.8 Å². The van der Waals surface area contributed by atoms with Gasteiger partial charge in [0.2, 0.25) is 0 Å². The van der Waals surface area contributed by atoms with Crippen LogP contribution in [0.25, 0.3) is 5.57 Å². The third kappa shape index (κ3) is 7.05. The van der Waals surface area contributed by atoms with Crippen molar-refractivity contribution in [1.82, 2.24) is 4.90 Å². The average molecular weight is 498 g/mol. The maximum absolute atomic E-state index is 14.1. The molecule has 2 nitrogen and oxygen atoms in total. The lowest BCUT2D eigenvalue weighted by Gasteiger charge is -2.33. The minimum atomic E-state index is -0.0984. The minimum Gasteiger partial charge on any atom is -0.299 e. The van der Waals surface area contributed by atoms with Gasteiger partial charge in [-0.2, -0.15) is 0 Å². The first-order valence-corrected chi connectivity index (χ1v) is 13.6. The summed E-state index contributed by atoms with van der Waals surface area (Å²) in [6, 6.07) is 23.9. The van der Waals surface area contributed by atoms with Crippen LogP contribution < -0.4 is 0 Å². The lowest BCUT2D eigenvalue weighted by molar-refractivity contribution is 0.101.